The van der Waals surface area contributed by atoms with Crippen molar-refractivity contribution in [3.05, 3.63) is 57.7 Å². The van der Waals surface area contributed by atoms with Gasteiger partial charge in [-0.1, -0.05) is 18.2 Å². The van der Waals surface area contributed by atoms with Crippen molar-refractivity contribution in [2.24, 2.45) is 0 Å². The van der Waals surface area contributed by atoms with Crippen LogP contribution in [0.15, 0.2) is 48.5 Å². The maximum absolute atomic E-state index is 12.6. The van der Waals surface area contributed by atoms with Gasteiger partial charge >= 0.3 is 12.1 Å². The van der Waals surface area contributed by atoms with Crippen LogP contribution in [-0.4, -0.2) is 42.2 Å². The number of ether oxygens (including phenoxy) is 3. The normalized spacial score (nSPS) is 12.6. The summed E-state index contributed by atoms with van der Waals surface area (Å²) in [6, 6.07) is 13.9. The number of rotatable bonds is 10. The second-order valence-corrected chi connectivity index (χ2v) is 7.74. The zero-order chi connectivity index (χ0) is 21.9. The Bertz CT molecular complexity index is 836. The molecule has 1 amide bonds. The second-order valence-electron chi connectivity index (χ2n) is 6.18. The molecule has 0 saturated heterocycles. The van der Waals surface area contributed by atoms with E-state index >= 15 is 0 Å². The van der Waals surface area contributed by atoms with E-state index in [1.807, 2.05) is 13.0 Å². The number of halogens is 1. The lowest BCUT2D eigenvalue weighted by Crippen LogP contribution is -2.30. The summed E-state index contributed by atoms with van der Waals surface area (Å²) in [6.45, 7) is 2.22. The maximum atomic E-state index is 12.6. The van der Waals surface area contributed by atoms with Gasteiger partial charge in [-0.05, 0) is 59.8 Å². The molecule has 0 aromatic heterocycles. The lowest BCUT2D eigenvalue weighted by Gasteiger charge is -2.28. The van der Waals surface area contributed by atoms with Crippen LogP contribution in [0, 0.1) is 3.57 Å². The third-order valence-electron chi connectivity index (χ3n) is 4.06. The molecule has 2 atom stereocenters. The molecule has 162 valence electrons. The van der Waals surface area contributed by atoms with Crippen molar-refractivity contribution < 1.29 is 28.9 Å². The van der Waals surface area contributed by atoms with Crippen LogP contribution in [0.1, 0.15) is 25.0 Å². The minimum Gasteiger partial charge on any atom is -0.508 e. The van der Waals surface area contributed by atoms with Gasteiger partial charge in [0.1, 0.15) is 11.9 Å². The first kappa shape index (κ1) is 24.3. The van der Waals surface area contributed by atoms with E-state index in [-0.39, 0.29) is 24.5 Å². The highest BCUT2D eigenvalue weighted by Gasteiger charge is 2.30. The third kappa shape index (κ3) is 7.69. The lowest BCUT2D eigenvalue weighted by atomic mass is 10.0. The highest BCUT2D eigenvalue weighted by molar-refractivity contribution is 14.1. The summed E-state index contributed by atoms with van der Waals surface area (Å²) in [6.07, 6.45) is -1.99. The highest BCUT2D eigenvalue weighted by atomic mass is 127. The predicted octanol–water partition coefficient (Wildman–Crippen LogP) is 4.55. The van der Waals surface area contributed by atoms with E-state index in [1.54, 1.807) is 36.4 Å². The maximum Gasteiger partial charge on any atom is 0.412 e. The van der Waals surface area contributed by atoms with E-state index in [0.717, 1.165) is 3.57 Å². The van der Waals surface area contributed by atoms with E-state index in [1.165, 1.54) is 6.07 Å². The molecule has 0 radical (unpaired) electrons. The predicted molar refractivity (Wildman–Crippen MR) is 125 cm³/mol. The number of anilines is 1. The van der Waals surface area contributed by atoms with Gasteiger partial charge in [-0.15, -0.1) is 0 Å². The monoisotopic (exact) mass is 545 g/mol. The van der Waals surface area contributed by atoms with Crippen LogP contribution >= 0.6 is 35.2 Å². The summed E-state index contributed by atoms with van der Waals surface area (Å²) in [7, 11) is 0. The van der Waals surface area contributed by atoms with Crippen molar-refractivity contribution in [3.63, 3.8) is 0 Å². The summed E-state index contributed by atoms with van der Waals surface area (Å²) < 4.78 is 17.4. The number of carbonyl (C=O) groups is 2. The summed E-state index contributed by atoms with van der Waals surface area (Å²) in [5.41, 5.74) is 0.980. The Morgan fingerprint density at radius 2 is 1.93 bits per heavy atom. The highest BCUT2D eigenvalue weighted by Crippen LogP contribution is 2.34. The average Bonchev–Trinajstić information content (AvgIpc) is 2.74. The van der Waals surface area contributed by atoms with E-state index in [0.29, 0.717) is 17.9 Å². The topological polar surface area (TPSA) is 94.1 Å². The number of para-hydroxylation sites is 1. The summed E-state index contributed by atoms with van der Waals surface area (Å²) in [5, 5.41) is 13.1. The van der Waals surface area contributed by atoms with Crippen molar-refractivity contribution in [1.29, 1.82) is 0 Å². The fourth-order valence-corrected chi connectivity index (χ4v) is 3.35. The molecular weight excluding hydrogens is 521 g/mol. The fraction of sp³-hybridized carbons (Fsp3) is 0.333. The van der Waals surface area contributed by atoms with E-state index in [9.17, 15) is 14.7 Å². The number of hydrogen-bond acceptors (Lipinski definition) is 7. The zero-order valence-electron chi connectivity index (χ0n) is 16.4. The molecule has 2 N–H and O–H groups in total. The number of hydrogen-bond donors (Lipinski definition) is 3. The second kappa shape index (κ2) is 12.7. The molecule has 0 saturated carbocycles. The molecule has 2 rings (SSSR count). The van der Waals surface area contributed by atoms with Crippen LogP contribution in [0.25, 0.3) is 0 Å². The Labute approximate surface area is 194 Å². The van der Waals surface area contributed by atoms with Crippen LogP contribution in [-0.2, 0) is 19.0 Å². The molecule has 0 aliphatic heterocycles. The quantitative estimate of drug-likeness (QED) is 0.231. The van der Waals surface area contributed by atoms with Gasteiger partial charge in [-0.3, -0.25) is 10.1 Å². The van der Waals surface area contributed by atoms with Gasteiger partial charge in [0.15, 0.2) is 6.10 Å². The molecule has 0 aliphatic carbocycles. The number of esters is 1. The summed E-state index contributed by atoms with van der Waals surface area (Å²) in [4.78, 5) is 24.0. The van der Waals surface area contributed by atoms with Gasteiger partial charge < -0.3 is 19.3 Å². The number of phenols is 1. The van der Waals surface area contributed by atoms with Gasteiger partial charge in [0.2, 0.25) is 0 Å². The molecule has 0 bridgehead atoms. The van der Waals surface area contributed by atoms with Gasteiger partial charge in [0.05, 0.1) is 12.4 Å². The van der Waals surface area contributed by atoms with Crippen LogP contribution in [0.5, 0.6) is 5.75 Å². The summed E-state index contributed by atoms with van der Waals surface area (Å²) >= 11 is 5.99. The van der Waals surface area contributed by atoms with Crippen molar-refractivity contribution in [2.45, 2.75) is 25.6 Å². The molecule has 0 aliphatic rings. The van der Waals surface area contributed by atoms with Crippen LogP contribution < -0.4 is 5.32 Å². The Kier molecular flexibility index (Phi) is 10.2. The van der Waals surface area contributed by atoms with Gasteiger partial charge in [-0.2, -0.15) is 12.6 Å². The van der Waals surface area contributed by atoms with Crippen LogP contribution in [0.3, 0.4) is 0 Å². The number of thiol groups is 1. The fourth-order valence-electron chi connectivity index (χ4n) is 2.75. The first-order chi connectivity index (χ1) is 14.4. The minimum absolute atomic E-state index is 0.0232. The lowest BCUT2D eigenvalue weighted by molar-refractivity contribution is -0.142. The van der Waals surface area contributed by atoms with E-state index in [4.69, 9.17) is 14.2 Å². The average molecular weight is 545 g/mol. The molecule has 2 aromatic carbocycles. The largest absolute Gasteiger partial charge is 0.508 e. The first-order valence-electron chi connectivity index (χ1n) is 9.33. The molecule has 7 nitrogen and oxygen atoms in total. The standard InChI is InChI=1S/C21H24INO6S/c1-2-27-18(10-11-28-19(25)13-30)20(16-12-14(22)8-9-17(16)24)29-21(26)23-15-6-4-3-5-7-15/h3-9,12,18,20,24,30H,2,10-11,13H2,1H3,(H,23,26)/t18-,20-/m0/s1. The number of phenolic OH excluding ortho intramolecular Hbond substituents is 1. The van der Waals surface area contributed by atoms with E-state index in [2.05, 4.69) is 40.5 Å². The smallest absolute Gasteiger partial charge is 0.412 e. The minimum atomic E-state index is -0.918. The van der Waals surface area contributed by atoms with Crippen LogP contribution in [0.2, 0.25) is 0 Å². The number of aromatic hydroxyl groups is 1. The molecule has 30 heavy (non-hydrogen) atoms. The summed E-state index contributed by atoms with van der Waals surface area (Å²) in [5.74, 6) is -0.508. The first-order valence-corrected chi connectivity index (χ1v) is 11.0. The van der Waals surface area contributed by atoms with Crippen LogP contribution in [0.4, 0.5) is 10.5 Å². The molecule has 2 aromatic rings. The third-order valence-corrected chi connectivity index (χ3v) is 4.99. The van der Waals surface area contributed by atoms with Gasteiger partial charge in [0.25, 0.3) is 0 Å². The number of carbonyl (C=O) groups excluding carboxylic acids is 2. The van der Waals surface area contributed by atoms with Crippen molar-refractivity contribution in [1.82, 2.24) is 0 Å². The Hall–Kier alpha value is -1.98. The van der Waals surface area contributed by atoms with Gasteiger partial charge in [0, 0.05) is 27.8 Å². The van der Waals surface area contributed by atoms with E-state index < -0.39 is 24.3 Å². The molecular formula is C21H24INO6S. The number of amides is 1. The molecule has 0 spiro atoms. The van der Waals surface area contributed by atoms with Crippen molar-refractivity contribution in [3.8, 4) is 5.75 Å². The number of nitrogens with one attached hydrogen (secondary N) is 1. The number of benzene rings is 2. The van der Waals surface area contributed by atoms with Gasteiger partial charge in [-0.25, -0.2) is 4.79 Å². The molecule has 0 heterocycles. The van der Waals surface area contributed by atoms with Crippen molar-refractivity contribution in [2.75, 3.05) is 24.3 Å². The molecule has 0 unspecified atom stereocenters. The Morgan fingerprint density at radius 3 is 2.60 bits per heavy atom. The van der Waals surface area contributed by atoms with Crippen molar-refractivity contribution >= 4 is 53.0 Å². The molecule has 0 fully saturated rings. The molecule has 9 heteroatoms. The SMILES string of the molecule is CCO[C@@H](CCOC(=O)CS)[C@@H](OC(=O)Nc1ccccc1)c1cc(I)ccc1O. The Morgan fingerprint density at radius 1 is 1.20 bits per heavy atom. The zero-order valence-corrected chi connectivity index (χ0v) is 19.5. The Balaban J connectivity index is 2.24.